The molecule has 160 valence electrons. The number of hydrogen-bond donors (Lipinski definition) is 1. The van der Waals surface area contributed by atoms with E-state index >= 15 is 0 Å². The third-order valence-electron chi connectivity index (χ3n) is 5.20. The van der Waals surface area contributed by atoms with Crippen molar-refractivity contribution in [2.75, 3.05) is 20.3 Å². The Bertz CT molecular complexity index is 1100. The number of rotatable bonds is 7. The van der Waals surface area contributed by atoms with Crippen LogP contribution in [-0.2, 0) is 4.74 Å². The molecule has 0 saturated carbocycles. The van der Waals surface area contributed by atoms with Crippen LogP contribution in [0.1, 0.15) is 30.8 Å². The van der Waals surface area contributed by atoms with Gasteiger partial charge in [-0.25, -0.2) is 9.18 Å². The van der Waals surface area contributed by atoms with Crippen molar-refractivity contribution in [2.24, 2.45) is 0 Å². The molecule has 1 unspecified atom stereocenters. The fourth-order valence-electron chi connectivity index (χ4n) is 3.67. The average molecular weight is 422 g/mol. The number of nitrogens with one attached hydrogen (secondary N) is 1. The molecule has 2 aromatic carbocycles. The number of carbonyl (C=O) groups is 1. The largest absolute Gasteiger partial charge is 0.385 e. The molecule has 0 saturated heterocycles. The Hall–Kier alpha value is -3.52. The molecule has 0 bridgehead atoms. The molecule has 1 aliphatic rings. The number of urea groups is 1. The third-order valence-corrected chi connectivity index (χ3v) is 5.20. The van der Waals surface area contributed by atoms with Crippen LogP contribution in [0.4, 0.5) is 9.18 Å². The van der Waals surface area contributed by atoms with Crippen molar-refractivity contribution < 1.29 is 18.4 Å². The molecular formula is C23H23FN4O3. The van der Waals surface area contributed by atoms with Crippen LogP contribution >= 0.6 is 0 Å². The van der Waals surface area contributed by atoms with Crippen LogP contribution in [0.2, 0.25) is 0 Å². The molecular weight excluding hydrogens is 399 g/mol. The first kappa shape index (κ1) is 20.7. The van der Waals surface area contributed by atoms with Gasteiger partial charge < -0.3 is 14.6 Å². The molecule has 31 heavy (non-hydrogen) atoms. The highest BCUT2D eigenvalue weighted by Gasteiger charge is 2.35. The first-order chi connectivity index (χ1) is 15.1. The standard InChI is InChI=1S/C23H23FN4O3/c1-15-19(22-26-21(27-31-22)16-8-4-3-5-9-16)20(17-10-6-11-18(24)14-17)25-23(29)28(15)12-7-13-30-2/h3-6,8-11,14,20H,7,12-13H2,1-2H3,(H,25,29). The molecule has 4 rings (SSSR count). The summed E-state index contributed by atoms with van der Waals surface area (Å²) in [6.45, 7) is 2.82. The number of carbonyl (C=O) groups excluding carboxylic acids is 1. The van der Waals surface area contributed by atoms with Crippen LogP contribution < -0.4 is 5.32 Å². The molecule has 1 N–H and O–H groups in total. The molecule has 2 heterocycles. The number of hydrogen-bond acceptors (Lipinski definition) is 5. The molecule has 3 aromatic rings. The fraction of sp³-hybridized carbons (Fsp3) is 0.261. The normalized spacial score (nSPS) is 16.5. The van der Waals surface area contributed by atoms with E-state index in [2.05, 4.69) is 15.5 Å². The van der Waals surface area contributed by atoms with Gasteiger partial charge in [-0.1, -0.05) is 47.6 Å². The molecule has 7 nitrogen and oxygen atoms in total. The van der Waals surface area contributed by atoms with Crippen LogP contribution in [0.15, 0.2) is 64.8 Å². The van der Waals surface area contributed by atoms with Gasteiger partial charge in [0.25, 0.3) is 5.89 Å². The number of allylic oxidation sites excluding steroid dienone is 1. The average Bonchev–Trinajstić information content (AvgIpc) is 3.26. The first-order valence-corrected chi connectivity index (χ1v) is 10.0. The topological polar surface area (TPSA) is 80.5 Å². The van der Waals surface area contributed by atoms with Crippen molar-refractivity contribution >= 4 is 11.6 Å². The molecule has 1 atom stereocenters. The van der Waals surface area contributed by atoms with Gasteiger partial charge in [0, 0.05) is 31.5 Å². The summed E-state index contributed by atoms with van der Waals surface area (Å²) in [6.07, 6.45) is 0.665. The Labute approximate surface area is 179 Å². The molecule has 2 amide bonds. The smallest absolute Gasteiger partial charge is 0.322 e. The molecule has 1 aliphatic heterocycles. The molecule has 0 aliphatic carbocycles. The molecule has 0 radical (unpaired) electrons. The summed E-state index contributed by atoms with van der Waals surface area (Å²) in [7, 11) is 1.62. The van der Waals surface area contributed by atoms with E-state index in [1.54, 1.807) is 24.1 Å². The monoisotopic (exact) mass is 422 g/mol. The van der Waals surface area contributed by atoms with Gasteiger partial charge in [-0.2, -0.15) is 4.98 Å². The minimum absolute atomic E-state index is 0.269. The first-order valence-electron chi connectivity index (χ1n) is 10.0. The van der Waals surface area contributed by atoms with Crippen molar-refractivity contribution in [3.8, 4) is 11.4 Å². The van der Waals surface area contributed by atoms with Gasteiger partial charge in [0.05, 0.1) is 11.6 Å². The number of methoxy groups -OCH3 is 1. The third kappa shape index (κ3) is 4.34. The van der Waals surface area contributed by atoms with E-state index < -0.39 is 6.04 Å². The predicted octanol–water partition coefficient (Wildman–Crippen LogP) is 4.41. The lowest BCUT2D eigenvalue weighted by atomic mass is 9.94. The zero-order valence-electron chi connectivity index (χ0n) is 17.3. The minimum atomic E-state index is -0.619. The van der Waals surface area contributed by atoms with Gasteiger partial charge in [0.15, 0.2) is 0 Å². The second kappa shape index (κ2) is 9.09. The Balaban J connectivity index is 1.78. The zero-order chi connectivity index (χ0) is 21.8. The van der Waals surface area contributed by atoms with Crippen molar-refractivity contribution in [2.45, 2.75) is 19.4 Å². The number of nitrogens with zero attached hydrogens (tertiary/aromatic N) is 3. The van der Waals surface area contributed by atoms with Gasteiger partial charge >= 0.3 is 6.03 Å². The molecule has 0 spiro atoms. The van der Waals surface area contributed by atoms with Crippen LogP contribution in [-0.4, -0.2) is 41.3 Å². The van der Waals surface area contributed by atoms with Crippen LogP contribution in [0.3, 0.4) is 0 Å². The summed E-state index contributed by atoms with van der Waals surface area (Å²) in [5.74, 6) is 0.334. The SMILES string of the molecule is COCCCN1C(=O)NC(c2cccc(F)c2)C(c2nc(-c3ccccc3)no2)=C1C. The van der Waals surface area contributed by atoms with E-state index in [1.165, 1.54) is 12.1 Å². The minimum Gasteiger partial charge on any atom is -0.385 e. The quantitative estimate of drug-likeness (QED) is 0.571. The summed E-state index contributed by atoms with van der Waals surface area (Å²) in [5.41, 5.74) is 2.73. The van der Waals surface area contributed by atoms with E-state index in [9.17, 15) is 9.18 Å². The van der Waals surface area contributed by atoms with Crippen molar-refractivity contribution in [3.63, 3.8) is 0 Å². The molecule has 8 heteroatoms. The lowest BCUT2D eigenvalue weighted by Gasteiger charge is -2.35. The lowest BCUT2D eigenvalue weighted by Crippen LogP contribution is -2.46. The van der Waals surface area contributed by atoms with E-state index in [-0.39, 0.29) is 17.7 Å². The predicted molar refractivity (Wildman–Crippen MR) is 113 cm³/mol. The Morgan fingerprint density at radius 1 is 1.19 bits per heavy atom. The summed E-state index contributed by atoms with van der Waals surface area (Å²) >= 11 is 0. The van der Waals surface area contributed by atoms with E-state index in [0.717, 1.165) is 5.56 Å². The van der Waals surface area contributed by atoms with E-state index in [4.69, 9.17) is 9.26 Å². The second-order valence-electron chi connectivity index (χ2n) is 7.22. The highest BCUT2D eigenvalue weighted by atomic mass is 19.1. The maximum absolute atomic E-state index is 13.9. The van der Waals surface area contributed by atoms with Gasteiger partial charge in [0.1, 0.15) is 5.82 Å². The number of halogens is 1. The maximum Gasteiger partial charge on any atom is 0.322 e. The summed E-state index contributed by atoms with van der Waals surface area (Å²) in [6, 6.07) is 14.7. The summed E-state index contributed by atoms with van der Waals surface area (Å²) in [4.78, 5) is 19.0. The summed E-state index contributed by atoms with van der Waals surface area (Å²) < 4.78 is 24.7. The Morgan fingerprint density at radius 2 is 2.00 bits per heavy atom. The van der Waals surface area contributed by atoms with E-state index in [0.29, 0.717) is 42.2 Å². The van der Waals surface area contributed by atoms with Crippen LogP contribution in [0.25, 0.3) is 17.0 Å². The van der Waals surface area contributed by atoms with Crippen molar-refractivity contribution in [1.29, 1.82) is 0 Å². The highest BCUT2D eigenvalue weighted by molar-refractivity contribution is 5.86. The van der Waals surface area contributed by atoms with E-state index in [1.807, 2.05) is 37.3 Å². The number of ether oxygens (including phenoxy) is 1. The number of aromatic nitrogens is 2. The number of amides is 2. The summed E-state index contributed by atoms with van der Waals surface area (Å²) in [5, 5.41) is 7.07. The number of benzene rings is 2. The van der Waals surface area contributed by atoms with Gasteiger partial charge in [-0.15, -0.1) is 0 Å². The molecule has 0 fully saturated rings. The lowest BCUT2D eigenvalue weighted by molar-refractivity contribution is 0.174. The van der Waals surface area contributed by atoms with Crippen LogP contribution in [0, 0.1) is 5.82 Å². The zero-order valence-corrected chi connectivity index (χ0v) is 17.3. The molecule has 1 aromatic heterocycles. The van der Waals surface area contributed by atoms with Gasteiger partial charge in [0.2, 0.25) is 5.82 Å². The Kier molecular flexibility index (Phi) is 6.08. The second-order valence-corrected chi connectivity index (χ2v) is 7.22. The van der Waals surface area contributed by atoms with Crippen molar-refractivity contribution in [1.82, 2.24) is 20.4 Å². The maximum atomic E-state index is 13.9. The van der Waals surface area contributed by atoms with Crippen molar-refractivity contribution in [3.05, 3.63) is 77.6 Å². The van der Waals surface area contributed by atoms with Gasteiger partial charge in [-0.3, -0.25) is 4.90 Å². The van der Waals surface area contributed by atoms with Gasteiger partial charge in [-0.05, 0) is 31.0 Å². The Morgan fingerprint density at radius 3 is 2.74 bits per heavy atom. The highest BCUT2D eigenvalue weighted by Crippen LogP contribution is 2.37. The fourth-order valence-corrected chi connectivity index (χ4v) is 3.67. The van der Waals surface area contributed by atoms with Crippen LogP contribution in [0.5, 0.6) is 0 Å².